The molecule has 0 heterocycles. The number of ether oxygens (including phenoxy) is 1. The lowest BCUT2D eigenvalue weighted by atomic mass is 10.2. The average Bonchev–Trinajstić information content (AvgIpc) is 2.25. The molecule has 1 aromatic carbocycles. The molecule has 1 N–H and O–H groups in total. The normalized spacial score (nSPS) is 8.53. The summed E-state index contributed by atoms with van der Waals surface area (Å²) in [4.78, 5) is 11.0. The number of carbonyl (C=O) groups excluding carboxylic acids is 1. The van der Waals surface area contributed by atoms with Crippen LogP contribution in [0.25, 0.3) is 0 Å². The lowest BCUT2D eigenvalue weighted by Gasteiger charge is -2.04. The maximum atomic E-state index is 11.0. The zero-order chi connectivity index (χ0) is 11.7. The van der Waals surface area contributed by atoms with Crippen LogP contribution >= 0.6 is 0 Å². The average molecular weight is 209 g/mol. The highest BCUT2D eigenvalue weighted by molar-refractivity contribution is 5.70. The van der Waals surface area contributed by atoms with Crippen LogP contribution in [0.1, 0.15) is 26.3 Å². The fraction of sp³-hybridized carbons (Fsp3) is 0.417. The van der Waals surface area contributed by atoms with Crippen molar-refractivity contribution in [3.05, 3.63) is 29.8 Å². The molecule has 84 valence electrons. The number of rotatable bonds is 2. The predicted molar refractivity (Wildman–Crippen MR) is 62.2 cm³/mol. The first-order valence-corrected chi connectivity index (χ1v) is 5.24. The minimum absolute atomic E-state index is 0.411. The topological polar surface area (TPSA) is 38.3 Å². The fourth-order valence-corrected chi connectivity index (χ4v) is 0.894. The number of hydrogen-bond donors (Lipinski definition) is 1. The molecule has 0 radical (unpaired) electrons. The van der Waals surface area contributed by atoms with Gasteiger partial charge in [0, 0.05) is 6.54 Å². The molecule has 0 aliphatic rings. The molecule has 0 saturated carbocycles. The van der Waals surface area contributed by atoms with E-state index < -0.39 is 6.09 Å². The van der Waals surface area contributed by atoms with E-state index in [4.69, 9.17) is 4.74 Å². The molecule has 0 atom stereocenters. The molecular weight excluding hydrogens is 190 g/mol. The van der Waals surface area contributed by atoms with E-state index in [1.54, 1.807) is 12.1 Å². The van der Waals surface area contributed by atoms with Gasteiger partial charge in [-0.15, -0.1) is 0 Å². The number of hydrogen-bond acceptors (Lipinski definition) is 2. The van der Waals surface area contributed by atoms with Crippen molar-refractivity contribution in [3.63, 3.8) is 0 Å². The van der Waals surface area contributed by atoms with Gasteiger partial charge in [-0.05, 0) is 26.0 Å². The Morgan fingerprint density at radius 3 is 2.27 bits per heavy atom. The van der Waals surface area contributed by atoms with Crippen molar-refractivity contribution in [1.82, 2.24) is 5.32 Å². The summed E-state index contributed by atoms with van der Waals surface area (Å²) in [7, 11) is 0. The van der Waals surface area contributed by atoms with Gasteiger partial charge < -0.3 is 10.1 Å². The first-order chi connectivity index (χ1) is 7.22. The molecule has 0 spiro atoms. The SMILES string of the molecule is CC.CCNC(=O)Oc1ccc(C)cc1. The second-order valence-electron chi connectivity index (χ2n) is 2.73. The van der Waals surface area contributed by atoms with Crippen molar-refractivity contribution >= 4 is 6.09 Å². The summed E-state index contributed by atoms with van der Waals surface area (Å²) in [5.41, 5.74) is 1.14. The molecule has 0 unspecified atom stereocenters. The van der Waals surface area contributed by atoms with Crippen LogP contribution in [0, 0.1) is 6.92 Å². The smallest absolute Gasteiger partial charge is 0.410 e. The highest BCUT2D eigenvalue weighted by Crippen LogP contribution is 2.11. The van der Waals surface area contributed by atoms with Crippen LogP contribution in [0.4, 0.5) is 4.79 Å². The van der Waals surface area contributed by atoms with Crippen LogP contribution in [0.15, 0.2) is 24.3 Å². The van der Waals surface area contributed by atoms with Crippen molar-refractivity contribution in [3.8, 4) is 5.75 Å². The molecule has 1 rings (SSSR count). The monoisotopic (exact) mass is 209 g/mol. The molecule has 1 aromatic rings. The van der Waals surface area contributed by atoms with Gasteiger partial charge in [0.25, 0.3) is 0 Å². The molecule has 15 heavy (non-hydrogen) atoms. The Balaban J connectivity index is 0.000000921. The van der Waals surface area contributed by atoms with Gasteiger partial charge in [-0.25, -0.2) is 4.79 Å². The Labute approximate surface area is 91.5 Å². The second-order valence-corrected chi connectivity index (χ2v) is 2.73. The summed E-state index contributed by atoms with van der Waals surface area (Å²) in [6.07, 6.45) is -0.411. The molecule has 0 aliphatic carbocycles. The second kappa shape index (κ2) is 7.85. The molecule has 0 bridgehead atoms. The minimum atomic E-state index is -0.411. The summed E-state index contributed by atoms with van der Waals surface area (Å²) in [5, 5.41) is 2.55. The van der Waals surface area contributed by atoms with Crippen molar-refractivity contribution in [2.75, 3.05) is 6.54 Å². The minimum Gasteiger partial charge on any atom is -0.410 e. The van der Waals surface area contributed by atoms with E-state index in [-0.39, 0.29) is 0 Å². The van der Waals surface area contributed by atoms with Gasteiger partial charge >= 0.3 is 6.09 Å². The van der Waals surface area contributed by atoms with Gasteiger partial charge in [0.15, 0.2) is 0 Å². The first kappa shape index (κ1) is 13.5. The Kier molecular flexibility index (Phi) is 7.06. The molecule has 0 aromatic heterocycles. The molecular formula is C12H19NO2. The van der Waals surface area contributed by atoms with E-state index in [0.717, 1.165) is 5.56 Å². The lowest BCUT2D eigenvalue weighted by Crippen LogP contribution is -2.26. The molecule has 3 heteroatoms. The Hall–Kier alpha value is -1.51. The lowest BCUT2D eigenvalue weighted by molar-refractivity contribution is 0.201. The van der Waals surface area contributed by atoms with Crippen molar-refractivity contribution in [2.24, 2.45) is 0 Å². The highest BCUT2D eigenvalue weighted by atomic mass is 16.5. The van der Waals surface area contributed by atoms with E-state index in [1.165, 1.54) is 0 Å². The highest BCUT2D eigenvalue weighted by Gasteiger charge is 2.00. The van der Waals surface area contributed by atoms with Gasteiger partial charge in [-0.1, -0.05) is 31.5 Å². The maximum absolute atomic E-state index is 11.0. The van der Waals surface area contributed by atoms with E-state index >= 15 is 0 Å². The van der Waals surface area contributed by atoms with Gasteiger partial charge in [0.05, 0.1) is 0 Å². The van der Waals surface area contributed by atoms with Crippen LogP contribution in [-0.4, -0.2) is 12.6 Å². The quantitative estimate of drug-likeness (QED) is 0.812. The summed E-state index contributed by atoms with van der Waals surface area (Å²) < 4.78 is 4.96. The third-order valence-electron chi connectivity index (χ3n) is 1.55. The van der Waals surface area contributed by atoms with Crippen LogP contribution in [-0.2, 0) is 0 Å². The summed E-state index contributed by atoms with van der Waals surface area (Å²) in [6, 6.07) is 7.33. The number of carbonyl (C=O) groups is 1. The van der Waals surface area contributed by atoms with Crippen LogP contribution in [0.5, 0.6) is 5.75 Å². The number of benzene rings is 1. The third kappa shape index (κ3) is 5.73. The van der Waals surface area contributed by atoms with E-state index in [2.05, 4.69) is 5.32 Å². The Bertz CT molecular complexity index is 280. The van der Waals surface area contributed by atoms with Crippen LogP contribution in [0.2, 0.25) is 0 Å². The fourth-order valence-electron chi connectivity index (χ4n) is 0.894. The largest absolute Gasteiger partial charge is 0.412 e. The van der Waals surface area contributed by atoms with Crippen molar-refractivity contribution in [1.29, 1.82) is 0 Å². The number of amides is 1. The van der Waals surface area contributed by atoms with Crippen molar-refractivity contribution in [2.45, 2.75) is 27.7 Å². The van der Waals surface area contributed by atoms with E-state index in [9.17, 15) is 4.79 Å². The van der Waals surface area contributed by atoms with Gasteiger partial charge in [-0.3, -0.25) is 0 Å². The van der Waals surface area contributed by atoms with E-state index in [1.807, 2.05) is 39.8 Å². The van der Waals surface area contributed by atoms with Crippen LogP contribution < -0.4 is 10.1 Å². The summed E-state index contributed by atoms with van der Waals surface area (Å²) >= 11 is 0. The zero-order valence-corrected chi connectivity index (χ0v) is 9.83. The number of nitrogens with one attached hydrogen (secondary N) is 1. The Morgan fingerprint density at radius 1 is 1.27 bits per heavy atom. The zero-order valence-electron chi connectivity index (χ0n) is 9.83. The predicted octanol–water partition coefficient (Wildman–Crippen LogP) is 3.13. The van der Waals surface area contributed by atoms with Gasteiger partial charge in [-0.2, -0.15) is 0 Å². The molecule has 1 amide bonds. The van der Waals surface area contributed by atoms with Crippen molar-refractivity contribution < 1.29 is 9.53 Å². The third-order valence-corrected chi connectivity index (χ3v) is 1.55. The molecule has 0 fully saturated rings. The Morgan fingerprint density at radius 2 is 1.80 bits per heavy atom. The summed E-state index contributed by atoms with van der Waals surface area (Å²) in [6.45, 7) is 8.40. The summed E-state index contributed by atoms with van der Waals surface area (Å²) in [5.74, 6) is 0.566. The van der Waals surface area contributed by atoms with Gasteiger partial charge in [0.1, 0.15) is 5.75 Å². The molecule has 0 aliphatic heterocycles. The maximum Gasteiger partial charge on any atom is 0.412 e. The molecule has 3 nitrogen and oxygen atoms in total. The first-order valence-electron chi connectivity index (χ1n) is 5.24. The standard InChI is InChI=1S/C10H13NO2.C2H6/c1-3-11-10(12)13-9-6-4-8(2)5-7-9;1-2/h4-7H,3H2,1-2H3,(H,11,12);1-2H3. The van der Waals surface area contributed by atoms with Crippen LogP contribution in [0.3, 0.4) is 0 Å². The van der Waals surface area contributed by atoms with E-state index in [0.29, 0.717) is 12.3 Å². The molecule has 0 saturated heterocycles. The number of aryl methyl sites for hydroxylation is 1. The van der Waals surface area contributed by atoms with Gasteiger partial charge in [0.2, 0.25) is 0 Å².